The van der Waals surface area contributed by atoms with E-state index < -0.39 is 23.8 Å². The summed E-state index contributed by atoms with van der Waals surface area (Å²) in [6, 6.07) is 12.4. The van der Waals surface area contributed by atoms with Crippen molar-refractivity contribution in [1.29, 1.82) is 0 Å². The molecule has 1 atom stereocenters. The van der Waals surface area contributed by atoms with Crippen LogP contribution < -0.4 is 5.32 Å². The first-order valence-electron chi connectivity index (χ1n) is 7.93. The Morgan fingerprint density at radius 3 is 2.12 bits per heavy atom. The Bertz CT molecular complexity index is 828. The molecule has 3 amide bonds. The van der Waals surface area contributed by atoms with Crippen LogP contribution >= 0.6 is 11.6 Å². The van der Waals surface area contributed by atoms with Crippen LogP contribution in [0.2, 0.25) is 5.02 Å². The molecule has 128 valence electrons. The highest BCUT2D eigenvalue weighted by molar-refractivity contribution is 6.31. The lowest BCUT2D eigenvalue weighted by Crippen LogP contribution is -2.50. The molecule has 0 saturated carbocycles. The van der Waals surface area contributed by atoms with Crippen LogP contribution in [0.1, 0.15) is 34.6 Å². The smallest absolute Gasteiger partial charge is 0.262 e. The summed E-state index contributed by atoms with van der Waals surface area (Å²) in [5, 5.41) is 3.23. The van der Waals surface area contributed by atoms with Gasteiger partial charge in [-0.1, -0.05) is 43.6 Å². The van der Waals surface area contributed by atoms with E-state index in [0.29, 0.717) is 21.8 Å². The first-order valence-corrected chi connectivity index (χ1v) is 8.31. The van der Waals surface area contributed by atoms with Gasteiger partial charge in [0.1, 0.15) is 6.04 Å². The van der Waals surface area contributed by atoms with Crippen molar-refractivity contribution in [3.8, 4) is 0 Å². The molecule has 0 bridgehead atoms. The van der Waals surface area contributed by atoms with Crippen LogP contribution in [0.15, 0.2) is 48.5 Å². The van der Waals surface area contributed by atoms with E-state index in [2.05, 4.69) is 5.32 Å². The van der Waals surface area contributed by atoms with Crippen LogP contribution in [0.4, 0.5) is 5.69 Å². The lowest BCUT2D eigenvalue weighted by atomic mass is 10.0. The molecule has 0 aromatic heterocycles. The minimum absolute atomic E-state index is 0.249. The average Bonchev–Trinajstić information content (AvgIpc) is 2.80. The van der Waals surface area contributed by atoms with Gasteiger partial charge in [-0.15, -0.1) is 0 Å². The fourth-order valence-electron chi connectivity index (χ4n) is 2.96. The molecule has 0 aliphatic carbocycles. The maximum Gasteiger partial charge on any atom is 0.262 e. The van der Waals surface area contributed by atoms with Crippen molar-refractivity contribution in [3.63, 3.8) is 0 Å². The van der Waals surface area contributed by atoms with E-state index in [0.717, 1.165) is 4.90 Å². The van der Waals surface area contributed by atoms with Crippen molar-refractivity contribution in [3.05, 3.63) is 64.7 Å². The van der Waals surface area contributed by atoms with Gasteiger partial charge in [0.25, 0.3) is 11.8 Å². The molecule has 2 aromatic carbocycles. The number of carbonyl (C=O) groups is 3. The van der Waals surface area contributed by atoms with Gasteiger partial charge in [-0.05, 0) is 36.2 Å². The fraction of sp³-hybridized carbons (Fsp3) is 0.211. The van der Waals surface area contributed by atoms with Crippen molar-refractivity contribution in [2.45, 2.75) is 19.9 Å². The maximum atomic E-state index is 12.8. The van der Waals surface area contributed by atoms with Crippen LogP contribution in [0.3, 0.4) is 0 Å². The Morgan fingerprint density at radius 1 is 1.00 bits per heavy atom. The number of imide groups is 1. The van der Waals surface area contributed by atoms with Gasteiger partial charge in [-0.25, -0.2) is 0 Å². The van der Waals surface area contributed by atoms with E-state index in [4.69, 9.17) is 11.6 Å². The molecule has 1 N–H and O–H groups in total. The summed E-state index contributed by atoms with van der Waals surface area (Å²) in [4.78, 5) is 39.2. The molecule has 0 unspecified atom stereocenters. The number of rotatable bonds is 4. The van der Waals surface area contributed by atoms with Gasteiger partial charge in [0.05, 0.1) is 11.1 Å². The number of nitrogens with one attached hydrogen (secondary N) is 1. The number of halogens is 1. The van der Waals surface area contributed by atoms with Crippen LogP contribution in [0, 0.1) is 5.92 Å². The number of hydrogen-bond acceptors (Lipinski definition) is 3. The second-order valence-corrected chi connectivity index (χ2v) is 6.65. The van der Waals surface area contributed by atoms with E-state index in [1.54, 1.807) is 62.4 Å². The van der Waals surface area contributed by atoms with Gasteiger partial charge < -0.3 is 5.32 Å². The number of benzene rings is 2. The highest BCUT2D eigenvalue weighted by atomic mass is 35.5. The number of fused-ring (bicyclic) bond motifs is 1. The molecule has 0 radical (unpaired) electrons. The summed E-state index contributed by atoms with van der Waals surface area (Å²) in [6.07, 6.45) is 0. The summed E-state index contributed by atoms with van der Waals surface area (Å²) < 4.78 is 0. The number of hydrogen-bond donors (Lipinski definition) is 1. The van der Waals surface area contributed by atoms with Gasteiger partial charge in [-0.2, -0.15) is 0 Å². The second kappa shape index (κ2) is 6.69. The Labute approximate surface area is 150 Å². The second-order valence-electron chi connectivity index (χ2n) is 6.21. The summed E-state index contributed by atoms with van der Waals surface area (Å²) in [7, 11) is 0. The van der Waals surface area contributed by atoms with Gasteiger partial charge in [0, 0.05) is 10.7 Å². The Hall–Kier alpha value is -2.66. The normalized spacial score (nSPS) is 14.6. The monoisotopic (exact) mass is 356 g/mol. The molecule has 3 rings (SSSR count). The SMILES string of the molecule is CC(C)[C@@H](C(=O)Nc1cccc(Cl)c1)N1C(=O)c2ccccc2C1=O. The molecule has 6 heteroatoms. The zero-order chi connectivity index (χ0) is 18.1. The number of amides is 3. The largest absolute Gasteiger partial charge is 0.324 e. The third-order valence-electron chi connectivity index (χ3n) is 4.10. The summed E-state index contributed by atoms with van der Waals surface area (Å²) >= 11 is 5.93. The molecule has 0 fully saturated rings. The fourth-order valence-corrected chi connectivity index (χ4v) is 3.15. The Morgan fingerprint density at radius 2 is 1.60 bits per heavy atom. The van der Waals surface area contributed by atoms with Crippen molar-refractivity contribution in [1.82, 2.24) is 4.90 Å². The van der Waals surface area contributed by atoms with E-state index in [1.807, 2.05) is 0 Å². The summed E-state index contributed by atoms with van der Waals surface area (Å²) in [5.41, 5.74) is 1.17. The van der Waals surface area contributed by atoms with E-state index in [-0.39, 0.29) is 5.92 Å². The van der Waals surface area contributed by atoms with E-state index >= 15 is 0 Å². The van der Waals surface area contributed by atoms with Gasteiger partial charge in [0.15, 0.2) is 0 Å². The lowest BCUT2D eigenvalue weighted by molar-refractivity contribution is -0.121. The molecular formula is C19H17ClN2O3. The predicted molar refractivity (Wildman–Crippen MR) is 95.6 cm³/mol. The molecular weight excluding hydrogens is 340 g/mol. The van der Waals surface area contributed by atoms with Crippen LogP contribution in [-0.2, 0) is 4.79 Å². The Kier molecular flexibility index (Phi) is 4.59. The topological polar surface area (TPSA) is 66.5 Å². The standard InChI is InChI=1S/C19H17ClN2O3/c1-11(2)16(17(23)21-13-7-5-6-12(20)10-13)22-18(24)14-8-3-4-9-15(14)19(22)25/h3-11,16H,1-2H3,(H,21,23)/t16-/m0/s1. The zero-order valence-corrected chi connectivity index (χ0v) is 14.6. The van der Waals surface area contributed by atoms with Crippen molar-refractivity contribution < 1.29 is 14.4 Å². The predicted octanol–water partition coefficient (Wildman–Crippen LogP) is 3.60. The maximum absolute atomic E-state index is 12.8. The van der Waals surface area contributed by atoms with Gasteiger partial charge >= 0.3 is 0 Å². The number of carbonyl (C=O) groups excluding carboxylic acids is 3. The van der Waals surface area contributed by atoms with Crippen molar-refractivity contribution >= 4 is 35.0 Å². The minimum atomic E-state index is -0.911. The molecule has 1 aliphatic heterocycles. The van der Waals surface area contributed by atoms with Crippen molar-refractivity contribution in [2.75, 3.05) is 5.32 Å². The molecule has 2 aromatic rings. The third-order valence-corrected chi connectivity index (χ3v) is 4.33. The molecule has 0 spiro atoms. The average molecular weight is 357 g/mol. The zero-order valence-electron chi connectivity index (χ0n) is 13.8. The third kappa shape index (κ3) is 3.15. The van der Waals surface area contributed by atoms with Crippen LogP contribution in [0.25, 0.3) is 0 Å². The highest BCUT2D eigenvalue weighted by Gasteiger charge is 2.43. The van der Waals surface area contributed by atoms with Gasteiger partial charge in [-0.3, -0.25) is 19.3 Å². The Balaban J connectivity index is 1.91. The summed E-state index contributed by atoms with van der Waals surface area (Å²) in [5.74, 6) is -1.56. The highest BCUT2D eigenvalue weighted by Crippen LogP contribution is 2.28. The van der Waals surface area contributed by atoms with E-state index in [1.165, 1.54) is 0 Å². The first-order chi connectivity index (χ1) is 11.9. The molecule has 1 aliphatic rings. The minimum Gasteiger partial charge on any atom is -0.324 e. The van der Waals surface area contributed by atoms with E-state index in [9.17, 15) is 14.4 Å². The number of anilines is 1. The van der Waals surface area contributed by atoms with Gasteiger partial charge in [0.2, 0.25) is 5.91 Å². The van der Waals surface area contributed by atoms with Crippen LogP contribution in [0.5, 0.6) is 0 Å². The van der Waals surface area contributed by atoms with Crippen molar-refractivity contribution in [2.24, 2.45) is 5.92 Å². The summed E-state index contributed by atoms with van der Waals surface area (Å²) in [6.45, 7) is 3.59. The number of nitrogens with zero attached hydrogens (tertiary/aromatic N) is 1. The molecule has 1 heterocycles. The lowest BCUT2D eigenvalue weighted by Gasteiger charge is -2.28. The first kappa shape index (κ1) is 17.2. The molecule has 25 heavy (non-hydrogen) atoms. The molecule has 5 nitrogen and oxygen atoms in total. The van der Waals surface area contributed by atoms with Crippen LogP contribution in [-0.4, -0.2) is 28.7 Å². The quantitative estimate of drug-likeness (QED) is 0.851. The molecule has 0 saturated heterocycles.